The van der Waals surface area contributed by atoms with Crippen molar-refractivity contribution in [2.24, 2.45) is 28.8 Å². The lowest BCUT2D eigenvalue weighted by atomic mass is 9.73. The number of methoxy groups -OCH3 is 1. The SMILES string of the molecule is CCC1OC(=O)[C@H](C)C(=O)[C@H](C)[C@@H](OC2OC(C)CC(N(C)C)C2O)[C@@](C)(OC)C[C@@H](C)C(=O)[C@H](C)[C@H]2N(CN=[N+]=[N-])C(=O)O[C@]12C. The Hall–Kier alpha value is -2.81. The number of azide groups is 1. The van der Waals surface area contributed by atoms with Gasteiger partial charge in [0.1, 0.15) is 30.6 Å². The summed E-state index contributed by atoms with van der Waals surface area (Å²) in [5, 5.41) is 14.9. The van der Waals surface area contributed by atoms with Gasteiger partial charge in [-0.2, -0.15) is 0 Å². The highest BCUT2D eigenvalue weighted by Gasteiger charge is 2.60. The number of hydrogen-bond acceptors (Lipinski definition) is 12. The third kappa shape index (κ3) is 7.60. The highest BCUT2D eigenvalue weighted by Crippen LogP contribution is 2.43. The molecule has 3 rings (SSSR count). The third-order valence-electron chi connectivity index (χ3n) is 10.4. The summed E-state index contributed by atoms with van der Waals surface area (Å²) in [7, 11) is 5.15. The number of hydrogen-bond donors (Lipinski definition) is 1. The maximum atomic E-state index is 14.3. The van der Waals surface area contributed by atoms with Crippen LogP contribution in [0.2, 0.25) is 0 Å². The molecule has 0 aliphatic carbocycles. The average molecular weight is 668 g/mol. The molecular weight excluding hydrogens is 614 g/mol. The highest BCUT2D eigenvalue weighted by molar-refractivity contribution is 6.00. The van der Waals surface area contributed by atoms with Crippen molar-refractivity contribution in [3.05, 3.63) is 10.4 Å². The highest BCUT2D eigenvalue weighted by atomic mass is 16.7. The van der Waals surface area contributed by atoms with E-state index in [1.165, 1.54) is 18.9 Å². The predicted octanol–water partition coefficient (Wildman–Crippen LogP) is 3.46. The quantitative estimate of drug-likeness (QED) is 0.138. The fourth-order valence-electron chi connectivity index (χ4n) is 7.72. The topological polar surface area (TPSA) is 190 Å². The van der Waals surface area contributed by atoms with Crippen LogP contribution in [-0.4, -0.2) is 120 Å². The summed E-state index contributed by atoms with van der Waals surface area (Å²) in [6.07, 6.45) is -4.55. The van der Waals surface area contributed by atoms with Crippen LogP contribution in [0.4, 0.5) is 4.79 Å². The van der Waals surface area contributed by atoms with Gasteiger partial charge in [0.25, 0.3) is 0 Å². The zero-order valence-electron chi connectivity index (χ0n) is 29.5. The minimum atomic E-state index is -1.51. The molecule has 3 aliphatic heterocycles. The van der Waals surface area contributed by atoms with E-state index in [1.807, 2.05) is 25.9 Å². The van der Waals surface area contributed by atoms with Crippen LogP contribution in [0.3, 0.4) is 0 Å². The number of aliphatic hydroxyl groups excluding tert-OH is 1. The molecular formula is C32H53N5O10. The van der Waals surface area contributed by atoms with Crippen LogP contribution in [0, 0.1) is 23.7 Å². The first-order valence-electron chi connectivity index (χ1n) is 16.4. The van der Waals surface area contributed by atoms with E-state index in [1.54, 1.807) is 41.5 Å². The number of amides is 1. The Balaban J connectivity index is 2.15. The summed E-state index contributed by atoms with van der Waals surface area (Å²) in [5.41, 5.74) is 6.20. The minimum Gasteiger partial charge on any atom is -0.458 e. The van der Waals surface area contributed by atoms with Gasteiger partial charge >= 0.3 is 12.1 Å². The van der Waals surface area contributed by atoms with E-state index in [0.29, 0.717) is 6.42 Å². The van der Waals surface area contributed by atoms with Crippen LogP contribution in [0.5, 0.6) is 0 Å². The molecule has 1 amide bonds. The van der Waals surface area contributed by atoms with Crippen LogP contribution >= 0.6 is 0 Å². The molecule has 0 aromatic heterocycles. The lowest BCUT2D eigenvalue weighted by Gasteiger charge is -2.47. The van der Waals surface area contributed by atoms with Crippen molar-refractivity contribution in [1.29, 1.82) is 0 Å². The second-order valence-corrected chi connectivity index (χ2v) is 14.0. The monoisotopic (exact) mass is 667 g/mol. The van der Waals surface area contributed by atoms with Gasteiger partial charge in [0.05, 0.1) is 23.9 Å². The number of cyclic esters (lactones) is 1. The molecule has 1 N–H and O–H groups in total. The summed E-state index contributed by atoms with van der Waals surface area (Å²) in [6.45, 7) is 13.0. The van der Waals surface area contributed by atoms with E-state index < -0.39 is 90.0 Å². The van der Waals surface area contributed by atoms with E-state index >= 15 is 0 Å². The van der Waals surface area contributed by atoms with Gasteiger partial charge in [0.15, 0.2) is 17.7 Å². The van der Waals surface area contributed by atoms with Gasteiger partial charge in [-0.05, 0) is 66.6 Å². The van der Waals surface area contributed by atoms with E-state index in [-0.39, 0.29) is 30.8 Å². The first-order valence-corrected chi connectivity index (χ1v) is 16.4. The Labute approximate surface area is 277 Å². The molecule has 0 radical (unpaired) electrons. The molecule has 266 valence electrons. The zero-order chi connectivity index (χ0) is 35.6. The van der Waals surface area contributed by atoms with Crippen LogP contribution in [0.15, 0.2) is 5.11 Å². The number of rotatable bonds is 7. The van der Waals surface area contributed by atoms with E-state index in [2.05, 4.69) is 10.0 Å². The summed E-state index contributed by atoms with van der Waals surface area (Å²) < 4.78 is 30.4. The van der Waals surface area contributed by atoms with Gasteiger partial charge in [-0.3, -0.25) is 19.3 Å². The minimum absolute atomic E-state index is 0.0784. The molecule has 0 aromatic carbocycles. The van der Waals surface area contributed by atoms with Crippen LogP contribution < -0.4 is 0 Å². The lowest BCUT2D eigenvalue weighted by Crippen LogP contribution is -2.60. The van der Waals surface area contributed by atoms with Gasteiger partial charge in [0.2, 0.25) is 0 Å². The number of ketones is 2. The van der Waals surface area contributed by atoms with Crippen LogP contribution in [-0.2, 0) is 38.1 Å². The Kier molecular flexibility index (Phi) is 12.5. The standard InChI is InChI=1S/C32H53N5O10/c1-12-22-32(8)26(37(15-34-35-33)30(42)47-32)18(4)23(38)16(2)14-31(7,43-11)27(19(5)24(39)20(6)28(41)45-22)46-29-25(40)21(36(9)10)13-17(3)44-29/h16-22,25-27,29,40H,12-15H2,1-11H3/t16-,17?,18+,19+,20-,21?,22?,25?,26-,27-,29?,31+,32-/m1/s1. The van der Waals surface area contributed by atoms with Gasteiger partial charge in [-0.25, -0.2) is 4.79 Å². The molecule has 0 bridgehead atoms. The molecule has 0 spiro atoms. The van der Waals surface area contributed by atoms with E-state index in [0.717, 1.165) is 0 Å². The van der Waals surface area contributed by atoms with Crippen molar-refractivity contribution in [3.63, 3.8) is 0 Å². The smallest absolute Gasteiger partial charge is 0.411 e. The van der Waals surface area contributed by atoms with Crippen LogP contribution in [0.25, 0.3) is 10.4 Å². The number of nitrogens with zero attached hydrogens (tertiary/aromatic N) is 5. The number of esters is 1. The molecule has 15 heteroatoms. The van der Waals surface area contributed by atoms with Crippen molar-refractivity contribution < 1.29 is 48.0 Å². The normalized spacial score (nSPS) is 42.3. The lowest BCUT2D eigenvalue weighted by molar-refractivity contribution is -0.295. The maximum absolute atomic E-state index is 14.3. The zero-order valence-corrected chi connectivity index (χ0v) is 29.5. The van der Waals surface area contributed by atoms with Crippen molar-refractivity contribution in [3.8, 4) is 0 Å². The first kappa shape index (κ1) is 38.6. The number of fused-ring (bicyclic) bond motifs is 1. The third-order valence-corrected chi connectivity index (χ3v) is 10.4. The number of Topliss-reactive ketones (excluding diaryl/α,β-unsaturated/α-hetero) is 2. The number of carbonyl (C=O) groups excluding carboxylic acids is 4. The van der Waals surface area contributed by atoms with Gasteiger partial charge in [-0.1, -0.05) is 32.8 Å². The predicted molar refractivity (Wildman–Crippen MR) is 169 cm³/mol. The molecule has 3 fully saturated rings. The number of likely N-dealkylation sites (N-methyl/N-ethyl adjacent to an activating group) is 1. The average Bonchev–Trinajstić information content (AvgIpc) is 3.28. The summed E-state index contributed by atoms with van der Waals surface area (Å²) in [4.78, 5) is 61.0. The number of carbonyl (C=O) groups is 4. The van der Waals surface area contributed by atoms with Crippen LogP contribution in [0.1, 0.15) is 74.7 Å². The van der Waals surface area contributed by atoms with Gasteiger partial charge in [-0.15, -0.1) is 0 Å². The second kappa shape index (κ2) is 15.2. The summed E-state index contributed by atoms with van der Waals surface area (Å²) in [6, 6.07) is -1.26. The fraction of sp³-hybridized carbons (Fsp3) is 0.875. The Bertz CT molecular complexity index is 1230. The second-order valence-electron chi connectivity index (χ2n) is 14.0. The van der Waals surface area contributed by atoms with Gasteiger partial charge < -0.3 is 33.7 Å². The molecule has 0 aromatic rings. The van der Waals surface area contributed by atoms with E-state index in [4.69, 9.17) is 29.2 Å². The molecule has 5 unspecified atom stereocenters. The summed E-state index contributed by atoms with van der Waals surface area (Å²) >= 11 is 0. The Morgan fingerprint density at radius 1 is 1.09 bits per heavy atom. The number of ether oxygens (including phenoxy) is 5. The maximum Gasteiger partial charge on any atom is 0.411 e. The number of aliphatic hydroxyl groups is 1. The van der Waals surface area contributed by atoms with Gasteiger partial charge in [0, 0.05) is 35.8 Å². The van der Waals surface area contributed by atoms with E-state index in [9.17, 15) is 24.3 Å². The molecule has 15 nitrogen and oxygen atoms in total. The fourth-order valence-corrected chi connectivity index (χ4v) is 7.72. The van der Waals surface area contributed by atoms with Crippen molar-refractivity contribution in [1.82, 2.24) is 9.80 Å². The molecule has 3 aliphatic rings. The largest absolute Gasteiger partial charge is 0.458 e. The molecule has 13 atom stereocenters. The Morgan fingerprint density at radius 3 is 2.28 bits per heavy atom. The van der Waals surface area contributed by atoms with Crippen molar-refractivity contribution in [2.45, 2.75) is 129 Å². The summed E-state index contributed by atoms with van der Waals surface area (Å²) in [5.74, 6) is -5.38. The first-order chi connectivity index (χ1) is 21.9. The van der Waals surface area contributed by atoms with Crippen molar-refractivity contribution in [2.75, 3.05) is 27.9 Å². The Morgan fingerprint density at radius 2 is 1.72 bits per heavy atom. The molecule has 47 heavy (non-hydrogen) atoms. The molecule has 0 saturated carbocycles. The van der Waals surface area contributed by atoms with Crippen molar-refractivity contribution >= 4 is 23.6 Å². The molecule has 3 heterocycles. The molecule has 3 saturated heterocycles.